The topological polar surface area (TPSA) is 78.9 Å². The molecule has 6 nitrogen and oxygen atoms in total. The van der Waals surface area contributed by atoms with E-state index in [1.807, 2.05) is 0 Å². The van der Waals surface area contributed by atoms with E-state index in [-0.39, 0.29) is 31.1 Å². The lowest BCUT2D eigenvalue weighted by molar-refractivity contribution is -0.167. The zero-order chi connectivity index (χ0) is 58.5. The maximum Gasteiger partial charge on any atom is 0.306 e. The predicted molar refractivity (Wildman–Crippen MR) is 353 cm³/mol. The molecular weight excluding hydrogens is 997 g/mol. The third-order valence-corrected chi connectivity index (χ3v) is 15.4. The quantitative estimate of drug-likeness (QED) is 0.0261. The fourth-order valence-corrected chi connectivity index (χ4v) is 10.2. The minimum absolute atomic E-state index is 0.0740. The first-order valence-corrected chi connectivity index (χ1v) is 35.1. The minimum atomic E-state index is -0.773. The molecular formula is C75H132O6. The van der Waals surface area contributed by atoms with Gasteiger partial charge < -0.3 is 14.2 Å². The number of carbonyl (C=O) groups is 3. The molecule has 0 N–H and O–H groups in total. The van der Waals surface area contributed by atoms with Crippen molar-refractivity contribution in [1.29, 1.82) is 0 Å². The van der Waals surface area contributed by atoms with Crippen LogP contribution in [0, 0.1) is 0 Å². The molecule has 0 aliphatic rings. The Bertz CT molecular complexity index is 1530. The highest BCUT2D eigenvalue weighted by Crippen LogP contribution is 2.18. The summed E-state index contributed by atoms with van der Waals surface area (Å²) in [7, 11) is 0. The van der Waals surface area contributed by atoms with Gasteiger partial charge in [-0.1, -0.05) is 324 Å². The van der Waals surface area contributed by atoms with Gasteiger partial charge in [-0.15, -0.1) is 0 Å². The van der Waals surface area contributed by atoms with Crippen LogP contribution in [0.2, 0.25) is 0 Å². The van der Waals surface area contributed by atoms with Crippen molar-refractivity contribution in [3.8, 4) is 0 Å². The van der Waals surface area contributed by atoms with E-state index in [0.29, 0.717) is 19.3 Å². The summed E-state index contributed by atoms with van der Waals surface area (Å²) in [5.74, 6) is -0.874. The van der Waals surface area contributed by atoms with Crippen LogP contribution < -0.4 is 0 Å². The smallest absolute Gasteiger partial charge is 0.306 e. The molecule has 0 aromatic rings. The predicted octanol–water partition coefficient (Wildman–Crippen LogP) is 24.2. The molecule has 6 heteroatoms. The van der Waals surface area contributed by atoms with E-state index >= 15 is 0 Å². The Morgan fingerprint density at radius 3 is 0.765 bits per heavy atom. The molecule has 0 radical (unpaired) electrons. The van der Waals surface area contributed by atoms with E-state index in [9.17, 15) is 14.4 Å². The Labute approximate surface area is 503 Å². The Kier molecular flexibility index (Phi) is 66.2. The van der Waals surface area contributed by atoms with Crippen molar-refractivity contribution in [3.63, 3.8) is 0 Å². The van der Waals surface area contributed by atoms with Gasteiger partial charge in [-0.3, -0.25) is 14.4 Å². The van der Waals surface area contributed by atoms with Gasteiger partial charge in [0.1, 0.15) is 13.2 Å². The first-order valence-electron chi connectivity index (χ1n) is 35.1. The molecule has 0 rings (SSSR count). The van der Waals surface area contributed by atoms with E-state index in [2.05, 4.69) is 106 Å². The summed E-state index contributed by atoms with van der Waals surface area (Å²) in [4.78, 5) is 38.0. The van der Waals surface area contributed by atoms with Gasteiger partial charge in [-0.05, 0) is 96.3 Å². The molecule has 0 amide bonds. The molecule has 0 saturated heterocycles. The van der Waals surface area contributed by atoms with Gasteiger partial charge in [0, 0.05) is 19.3 Å². The second-order valence-electron chi connectivity index (χ2n) is 23.4. The molecule has 81 heavy (non-hydrogen) atoms. The van der Waals surface area contributed by atoms with Crippen molar-refractivity contribution in [2.45, 2.75) is 361 Å². The fraction of sp³-hybridized carbons (Fsp3) is 0.773. The van der Waals surface area contributed by atoms with Crippen LogP contribution in [0.25, 0.3) is 0 Å². The second-order valence-corrected chi connectivity index (χ2v) is 23.4. The molecule has 0 spiro atoms. The number of hydrogen-bond donors (Lipinski definition) is 0. The number of rotatable bonds is 64. The van der Waals surface area contributed by atoms with E-state index in [4.69, 9.17) is 14.2 Å². The van der Waals surface area contributed by atoms with Crippen LogP contribution in [-0.4, -0.2) is 37.2 Å². The SMILES string of the molecule is CC/C=C\C/C=C\C/C=C\C/C=C\C/C=C\C/C=C\CCCCCCCCCCCCCCC(=O)OCC(COC(=O)CCCCCCC)OC(=O)CCCCCCCCCCCCCCCCC/C=C\CCCCCCCCCC. The molecule has 0 aromatic heterocycles. The van der Waals surface area contributed by atoms with Gasteiger partial charge >= 0.3 is 17.9 Å². The monoisotopic (exact) mass is 1130 g/mol. The van der Waals surface area contributed by atoms with Crippen LogP contribution in [0.15, 0.2) is 85.1 Å². The Hall–Kier alpha value is -3.41. The molecule has 0 heterocycles. The largest absolute Gasteiger partial charge is 0.462 e. The molecule has 1 unspecified atom stereocenters. The van der Waals surface area contributed by atoms with E-state index in [0.717, 1.165) is 103 Å². The number of carbonyl (C=O) groups excluding carboxylic acids is 3. The zero-order valence-electron chi connectivity index (χ0n) is 53.8. The van der Waals surface area contributed by atoms with Crippen LogP contribution in [0.3, 0.4) is 0 Å². The van der Waals surface area contributed by atoms with Crippen LogP contribution in [0.4, 0.5) is 0 Å². The molecule has 468 valence electrons. The first kappa shape index (κ1) is 77.6. The molecule has 0 aliphatic carbocycles. The molecule has 0 saturated carbocycles. The fourth-order valence-electron chi connectivity index (χ4n) is 10.2. The van der Waals surface area contributed by atoms with Gasteiger partial charge in [0.15, 0.2) is 6.10 Å². The van der Waals surface area contributed by atoms with Crippen molar-refractivity contribution < 1.29 is 28.6 Å². The minimum Gasteiger partial charge on any atom is -0.462 e. The van der Waals surface area contributed by atoms with Crippen molar-refractivity contribution in [2.75, 3.05) is 13.2 Å². The normalized spacial score (nSPS) is 12.6. The van der Waals surface area contributed by atoms with Crippen LogP contribution in [0.5, 0.6) is 0 Å². The summed E-state index contributed by atoms with van der Waals surface area (Å²) in [6, 6.07) is 0. The van der Waals surface area contributed by atoms with Crippen LogP contribution >= 0.6 is 0 Å². The summed E-state index contributed by atoms with van der Waals surface area (Å²) in [5.41, 5.74) is 0. The maximum atomic E-state index is 12.9. The van der Waals surface area contributed by atoms with E-state index < -0.39 is 6.10 Å². The summed E-state index contributed by atoms with van der Waals surface area (Å²) in [6.07, 6.45) is 92.4. The third-order valence-electron chi connectivity index (χ3n) is 15.4. The first-order chi connectivity index (χ1) is 40.0. The number of esters is 3. The van der Waals surface area contributed by atoms with Gasteiger partial charge in [0.2, 0.25) is 0 Å². The van der Waals surface area contributed by atoms with Gasteiger partial charge in [-0.25, -0.2) is 0 Å². The number of unbranched alkanes of at least 4 members (excludes halogenated alkanes) is 39. The van der Waals surface area contributed by atoms with Gasteiger partial charge in [-0.2, -0.15) is 0 Å². The summed E-state index contributed by atoms with van der Waals surface area (Å²) in [6.45, 7) is 6.48. The Balaban J connectivity index is 3.98. The lowest BCUT2D eigenvalue weighted by Crippen LogP contribution is -2.30. The highest BCUT2D eigenvalue weighted by Gasteiger charge is 2.19. The molecule has 0 bridgehead atoms. The Morgan fingerprint density at radius 1 is 0.259 bits per heavy atom. The lowest BCUT2D eigenvalue weighted by atomic mass is 10.0. The van der Waals surface area contributed by atoms with Crippen LogP contribution in [-0.2, 0) is 28.6 Å². The molecule has 1 atom stereocenters. The molecule has 0 fully saturated rings. The zero-order valence-corrected chi connectivity index (χ0v) is 53.8. The van der Waals surface area contributed by atoms with E-state index in [1.54, 1.807) is 0 Å². The van der Waals surface area contributed by atoms with Crippen molar-refractivity contribution in [2.24, 2.45) is 0 Å². The average Bonchev–Trinajstić information content (AvgIpc) is 3.47. The average molecular weight is 1130 g/mol. The molecule has 0 aromatic carbocycles. The maximum absolute atomic E-state index is 12.9. The standard InChI is InChI=1S/C75H132O6/c1-4-7-10-13-15-17-19-21-23-25-27-29-31-33-35-36-37-38-40-41-43-45-47-49-51-53-55-57-59-62-65-68-74(77)80-71-72(70-79-73(76)67-64-61-12-9-6-3)81-75(78)69-66-63-60-58-56-54-52-50-48-46-44-42-39-34-32-30-28-26-24-22-20-18-16-14-11-8-5-2/h7,10,15,17,21,23,26-29,33,35,37-38,72H,4-6,8-9,11-14,16,18-20,22,24-25,30-32,34,36,39-71H2,1-3H3/b10-7-,17-15-,23-21-,28-26-,29-27-,35-33-,38-37-. The van der Waals surface area contributed by atoms with Crippen molar-refractivity contribution >= 4 is 17.9 Å². The van der Waals surface area contributed by atoms with Crippen LogP contribution in [0.1, 0.15) is 355 Å². The van der Waals surface area contributed by atoms with E-state index in [1.165, 1.54) is 212 Å². The number of allylic oxidation sites excluding steroid dienone is 14. The second kappa shape index (κ2) is 69.1. The van der Waals surface area contributed by atoms with Crippen molar-refractivity contribution in [3.05, 3.63) is 85.1 Å². The highest BCUT2D eigenvalue weighted by molar-refractivity contribution is 5.71. The summed E-state index contributed by atoms with van der Waals surface area (Å²) in [5, 5.41) is 0. The highest BCUT2D eigenvalue weighted by atomic mass is 16.6. The Morgan fingerprint density at radius 2 is 0.481 bits per heavy atom. The summed E-state index contributed by atoms with van der Waals surface area (Å²) >= 11 is 0. The molecule has 0 aliphatic heterocycles. The van der Waals surface area contributed by atoms with Gasteiger partial charge in [0.05, 0.1) is 0 Å². The number of hydrogen-bond acceptors (Lipinski definition) is 6. The van der Waals surface area contributed by atoms with Crippen molar-refractivity contribution in [1.82, 2.24) is 0 Å². The third kappa shape index (κ3) is 67.3. The lowest BCUT2D eigenvalue weighted by Gasteiger charge is -2.18. The summed E-state index contributed by atoms with van der Waals surface area (Å²) < 4.78 is 16.8. The van der Waals surface area contributed by atoms with Gasteiger partial charge in [0.25, 0.3) is 0 Å². The number of ether oxygens (including phenoxy) is 3.